The van der Waals surface area contributed by atoms with Crippen LogP contribution in [0.25, 0.3) is 11.1 Å². The van der Waals surface area contributed by atoms with E-state index in [-0.39, 0.29) is 0 Å². The van der Waals surface area contributed by atoms with Crippen molar-refractivity contribution in [1.29, 1.82) is 0 Å². The van der Waals surface area contributed by atoms with Crippen LogP contribution in [0, 0.1) is 0 Å². The Kier molecular flexibility index (Phi) is 3.42. The van der Waals surface area contributed by atoms with Crippen LogP contribution in [0.4, 0.5) is 0 Å². The zero-order valence-corrected chi connectivity index (χ0v) is 9.17. The van der Waals surface area contributed by atoms with Crippen molar-refractivity contribution in [2.24, 2.45) is 0 Å². The number of aromatic nitrogens is 2. The van der Waals surface area contributed by atoms with E-state index in [4.69, 9.17) is 11.6 Å². The lowest BCUT2D eigenvalue weighted by molar-refractivity contribution is 0.771. The molecule has 74 valence electrons. The fourth-order valence-electron chi connectivity index (χ4n) is 1.05. The molecule has 0 aromatic carbocycles. The fourth-order valence-corrected chi connectivity index (χ4v) is 1.20. The second-order valence-corrected chi connectivity index (χ2v) is 3.75. The summed E-state index contributed by atoms with van der Waals surface area (Å²) in [5.74, 6) is 1.09. The van der Waals surface area contributed by atoms with Gasteiger partial charge >= 0.3 is 0 Å². The average Bonchev–Trinajstić information content (AvgIpc) is 2.16. The maximum Gasteiger partial charge on any atom is 0.131 e. The molecule has 0 atom stereocenters. The number of nitrogens with zero attached hydrogens (tertiary/aromatic N) is 2. The van der Waals surface area contributed by atoms with Gasteiger partial charge in [-0.2, -0.15) is 0 Å². The first-order valence-corrected chi connectivity index (χ1v) is 4.78. The maximum atomic E-state index is 5.80. The fraction of sp³-hybridized carbons (Fsp3) is 0.273. The van der Waals surface area contributed by atoms with Gasteiger partial charge in [-0.15, -0.1) is 0 Å². The van der Waals surface area contributed by atoms with Crippen molar-refractivity contribution in [2.45, 2.75) is 19.8 Å². The Balaban J connectivity index is 3.25. The van der Waals surface area contributed by atoms with E-state index in [1.807, 2.05) is 13.8 Å². The van der Waals surface area contributed by atoms with Gasteiger partial charge in [0.25, 0.3) is 0 Å². The molecule has 0 spiro atoms. The predicted octanol–water partition coefficient (Wildman–Crippen LogP) is 3.45. The number of hydrogen-bond acceptors (Lipinski definition) is 2. The maximum absolute atomic E-state index is 5.80. The third-order valence-electron chi connectivity index (χ3n) is 1.84. The molecule has 1 aromatic rings. The molecule has 2 nitrogen and oxygen atoms in total. The second-order valence-electron chi connectivity index (χ2n) is 3.29. The van der Waals surface area contributed by atoms with Crippen molar-refractivity contribution < 1.29 is 0 Å². The minimum atomic E-state index is 0.298. The molecular formula is C11H13ClN2. The minimum absolute atomic E-state index is 0.298. The average molecular weight is 209 g/mol. The highest BCUT2D eigenvalue weighted by molar-refractivity contribution is 6.48. The Morgan fingerprint density at radius 2 is 2.21 bits per heavy atom. The molecule has 1 rings (SSSR count). The van der Waals surface area contributed by atoms with Gasteiger partial charge in [0.2, 0.25) is 0 Å². The van der Waals surface area contributed by atoms with Crippen LogP contribution in [0.15, 0.2) is 19.4 Å². The standard InChI is InChI=1S/C11H13ClN2/c1-5-10-9(8(4)12)6-13-11(14-10)7(2)3/h5-7H,1,4H2,2-3H3. The molecule has 0 bridgehead atoms. The van der Waals surface area contributed by atoms with E-state index in [2.05, 4.69) is 23.1 Å². The van der Waals surface area contributed by atoms with Crippen molar-refractivity contribution in [3.8, 4) is 0 Å². The Morgan fingerprint density at radius 1 is 1.57 bits per heavy atom. The minimum Gasteiger partial charge on any atom is -0.240 e. The third-order valence-corrected chi connectivity index (χ3v) is 2.04. The van der Waals surface area contributed by atoms with Crippen molar-refractivity contribution >= 4 is 22.7 Å². The van der Waals surface area contributed by atoms with E-state index in [9.17, 15) is 0 Å². The summed E-state index contributed by atoms with van der Waals surface area (Å²) < 4.78 is 0. The van der Waals surface area contributed by atoms with Gasteiger partial charge in [-0.25, -0.2) is 9.97 Å². The summed E-state index contributed by atoms with van der Waals surface area (Å²) in [7, 11) is 0. The van der Waals surface area contributed by atoms with Crippen LogP contribution < -0.4 is 0 Å². The zero-order chi connectivity index (χ0) is 10.7. The lowest BCUT2D eigenvalue weighted by Gasteiger charge is -2.07. The molecule has 0 saturated carbocycles. The van der Waals surface area contributed by atoms with E-state index >= 15 is 0 Å². The summed E-state index contributed by atoms with van der Waals surface area (Å²) in [6.07, 6.45) is 3.35. The van der Waals surface area contributed by atoms with Gasteiger partial charge < -0.3 is 0 Å². The summed E-state index contributed by atoms with van der Waals surface area (Å²) in [4.78, 5) is 8.54. The molecule has 0 aliphatic carbocycles. The van der Waals surface area contributed by atoms with Gasteiger partial charge in [0, 0.05) is 22.7 Å². The van der Waals surface area contributed by atoms with Gasteiger partial charge in [-0.3, -0.25) is 0 Å². The largest absolute Gasteiger partial charge is 0.240 e. The van der Waals surface area contributed by atoms with Crippen LogP contribution in [0.5, 0.6) is 0 Å². The lowest BCUT2D eigenvalue weighted by atomic mass is 10.1. The zero-order valence-electron chi connectivity index (χ0n) is 8.42. The summed E-state index contributed by atoms with van der Waals surface area (Å²) in [5, 5.41) is 0.440. The molecule has 0 fully saturated rings. The van der Waals surface area contributed by atoms with E-state index < -0.39 is 0 Å². The quantitative estimate of drug-likeness (QED) is 0.761. The van der Waals surface area contributed by atoms with Crippen molar-refractivity contribution in [3.63, 3.8) is 0 Å². The summed E-state index contributed by atoms with van der Waals surface area (Å²) in [5.41, 5.74) is 1.48. The number of halogens is 1. The molecule has 1 aromatic heterocycles. The molecular weight excluding hydrogens is 196 g/mol. The molecule has 3 heteroatoms. The molecule has 1 heterocycles. The smallest absolute Gasteiger partial charge is 0.131 e. The third kappa shape index (κ3) is 2.20. The van der Waals surface area contributed by atoms with Crippen molar-refractivity contribution in [2.75, 3.05) is 0 Å². The predicted molar refractivity (Wildman–Crippen MR) is 61.1 cm³/mol. The Bertz CT molecular complexity index is 370. The van der Waals surface area contributed by atoms with Gasteiger partial charge in [-0.1, -0.05) is 38.6 Å². The van der Waals surface area contributed by atoms with Gasteiger partial charge in [0.15, 0.2) is 0 Å². The van der Waals surface area contributed by atoms with E-state index in [1.165, 1.54) is 0 Å². The highest BCUT2D eigenvalue weighted by Gasteiger charge is 2.08. The van der Waals surface area contributed by atoms with Crippen LogP contribution in [0.2, 0.25) is 0 Å². The first-order chi connectivity index (χ1) is 6.56. The Morgan fingerprint density at radius 3 is 2.64 bits per heavy atom. The Labute approximate surface area is 89.3 Å². The van der Waals surface area contributed by atoms with Gasteiger partial charge in [0.05, 0.1) is 5.69 Å². The van der Waals surface area contributed by atoms with Crippen LogP contribution in [-0.2, 0) is 0 Å². The number of rotatable bonds is 3. The van der Waals surface area contributed by atoms with Crippen LogP contribution in [-0.4, -0.2) is 9.97 Å². The molecule has 0 N–H and O–H groups in total. The van der Waals surface area contributed by atoms with Crippen LogP contribution in [0.3, 0.4) is 0 Å². The highest BCUT2D eigenvalue weighted by Crippen LogP contribution is 2.21. The van der Waals surface area contributed by atoms with E-state index in [1.54, 1.807) is 12.3 Å². The topological polar surface area (TPSA) is 25.8 Å². The first kappa shape index (κ1) is 10.9. The summed E-state index contributed by atoms with van der Waals surface area (Å²) in [6.45, 7) is 11.4. The number of hydrogen-bond donors (Lipinski definition) is 0. The van der Waals surface area contributed by atoms with Crippen LogP contribution in [0.1, 0.15) is 36.8 Å². The van der Waals surface area contributed by atoms with E-state index in [0.717, 1.165) is 17.1 Å². The second kappa shape index (κ2) is 4.38. The Hall–Kier alpha value is -1.15. The van der Waals surface area contributed by atoms with Crippen molar-refractivity contribution in [3.05, 3.63) is 36.4 Å². The molecule has 14 heavy (non-hydrogen) atoms. The van der Waals surface area contributed by atoms with Gasteiger partial charge in [-0.05, 0) is 6.08 Å². The summed E-state index contributed by atoms with van der Waals surface area (Å²) >= 11 is 5.80. The van der Waals surface area contributed by atoms with Gasteiger partial charge in [0.1, 0.15) is 5.82 Å². The monoisotopic (exact) mass is 208 g/mol. The molecule has 0 aliphatic heterocycles. The normalized spacial score (nSPS) is 10.3. The highest BCUT2D eigenvalue weighted by atomic mass is 35.5. The molecule has 0 unspecified atom stereocenters. The molecule has 0 saturated heterocycles. The molecule has 0 radical (unpaired) electrons. The first-order valence-electron chi connectivity index (χ1n) is 4.40. The summed E-state index contributed by atoms with van der Waals surface area (Å²) in [6, 6.07) is 0. The lowest BCUT2D eigenvalue weighted by Crippen LogP contribution is -2.01. The van der Waals surface area contributed by atoms with E-state index in [0.29, 0.717) is 11.0 Å². The molecule has 0 aliphatic rings. The van der Waals surface area contributed by atoms with Crippen molar-refractivity contribution in [1.82, 2.24) is 9.97 Å². The SMILES string of the molecule is C=Cc1nc(C(C)C)ncc1C(=C)Cl. The van der Waals surface area contributed by atoms with Crippen LogP contribution >= 0.6 is 11.6 Å². The molecule has 0 amide bonds.